The summed E-state index contributed by atoms with van der Waals surface area (Å²) in [4.78, 5) is 0. The van der Waals surface area contributed by atoms with Crippen LogP contribution in [0, 0.1) is 0 Å². The molecule has 1 unspecified atom stereocenters. The van der Waals surface area contributed by atoms with Gasteiger partial charge < -0.3 is 10.3 Å². The van der Waals surface area contributed by atoms with Crippen molar-refractivity contribution in [3.63, 3.8) is 0 Å². The van der Waals surface area contributed by atoms with Crippen LogP contribution in [0.25, 0.3) is 0 Å². The number of aromatic nitrogens is 3. The van der Waals surface area contributed by atoms with E-state index in [0.29, 0.717) is 12.6 Å². The topological polar surface area (TPSA) is 56.7 Å². The standard InChI is InChI=1S/C14H18N4/c1-10(11-5-3-2-4-6-11)14-17-16-13(9-15)18(14)12-7-8-12/h2-6,10,12H,7-9,15H2,1H3. The highest BCUT2D eigenvalue weighted by Crippen LogP contribution is 2.38. The van der Waals surface area contributed by atoms with Crippen LogP contribution in [0.5, 0.6) is 0 Å². The van der Waals surface area contributed by atoms with Crippen molar-refractivity contribution in [2.24, 2.45) is 5.73 Å². The first-order valence-corrected chi connectivity index (χ1v) is 6.50. The van der Waals surface area contributed by atoms with E-state index in [9.17, 15) is 0 Å². The van der Waals surface area contributed by atoms with Crippen molar-refractivity contribution in [1.82, 2.24) is 14.8 Å². The normalized spacial score (nSPS) is 16.8. The molecule has 3 rings (SSSR count). The summed E-state index contributed by atoms with van der Waals surface area (Å²) in [6.07, 6.45) is 2.44. The highest BCUT2D eigenvalue weighted by atomic mass is 15.3. The molecule has 0 aliphatic heterocycles. The quantitative estimate of drug-likeness (QED) is 0.894. The van der Waals surface area contributed by atoms with Gasteiger partial charge in [-0.3, -0.25) is 0 Å². The van der Waals surface area contributed by atoms with Gasteiger partial charge in [0, 0.05) is 12.0 Å². The van der Waals surface area contributed by atoms with Gasteiger partial charge in [-0.1, -0.05) is 37.3 Å². The second-order valence-electron chi connectivity index (χ2n) is 4.91. The van der Waals surface area contributed by atoms with E-state index in [1.54, 1.807) is 0 Å². The van der Waals surface area contributed by atoms with Crippen molar-refractivity contribution in [2.75, 3.05) is 0 Å². The number of nitrogens with two attached hydrogens (primary N) is 1. The van der Waals surface area contributed by atoms with Crippen molar-refractivity contribution < 1.29 is 0 Å². The molecule has 94 valence electrons. The smallest absolute Gasteiger partial charge is 0.147 e. The van der Waals surface area contributed by atoms with Gasteiger partial charge in [-0.05, 0) is 18.4 Å². The van der Waals surface area contributed by atoms with Gasteiger partial charge in [0.2, 0.25) is 0 Å². The molecule has 4 heteroatoms. The number of benzene rings is 1. The van der Waals surface area contributed by atoms with E-state index in [-0.39, 0.29) is 5.92 Å². The molecular weight excluding hydrogens is 224 g/mol. The van der Waals surface area contributed by atoms with E-state index in [1.165, 1.54) is 18.4 Å². The summed E-state index contributed by atoms with van der Waals surface area (Å²) in [7, 11) is 0. The Kier molecular flexibility index (Phi) is 2.88. The van der Waals surface area contributed by atoms with Gasteiger partial charge in [0.1, 0.15) is 11.6 Å². The molecular formula is C14H18N4. The van der Waals surface area contributed by atoms with Crippen molar-refractivity contribution in [2.45, 2.75) is 38.3 Å². The Hall–Kier alpha value is -1.68. The highest BCUT2D eigenvalue weighted by molar-refractivity contribution is 5.25. The molecule has 0 saturated heterocycles. The van der Waals surface area contributed by atoms with E-state index in [2.05, 4.69) is 46.0 Å². The molecule has 1 saturated carbocycles. The number of hydrogen-bond donors (Lipinski definition) is 1. The van der Waals surface area contributed by atoms with Crippen LogP contribution in [-0.2, 0) is 6.54 Å². The van der Waals surface area contributed by atoms with Crippen molar-refractivity contribution >= 4 is 0 Å². The van der Waals surface area contributed by atoms with Gasteiger partial charge >= 0.3 is 0 Å². The Labute approximate surface area is 107 Å². The maximum Gasteiger partial charge on any atom is 0.147 e. The van der Waals surface area contributed by atoms with E-state index in [1.807, 2.05) is 6.07 Å². The molecule has 1 fully saturated rings. The highest BCUT2D eigenvalue weighted by Gasteiger charge is 2.30. The number of nitrogens with zero attached hydrogens (tertiary/aromatic N) is 3. The summed E-state index contributed by atoms with van der Waals surface area (Å²) in [5.74, 6) is 2.22. The zero-order valence-corrected chi connectivity index (χ0v) is 10.6. The summed E-state index contributed by atoms with van der Waals surface area (Å²) in [6, 6.07) is 11.0. The SMILES string of the molecule is CC(c1ccccc1)c1nnc(CN)n1C1CC1. The number of rotatable bonds is 4. The van der Waals surface area contributed by atoms with Gasteiger partial charge in [-0.25, -0.2) is 0 Å². The van der Waals surface area contributed by atoms with E-state index >= 15 is 0 Å². The molecule has 4 nitrogen and oxygen atoms in total. The van der Waals surface area contributed by atoms with Crippen LogP contribution >= 0.6 is 0 Å². The van der Waals surface area contributed by atoms with E-state index < -0.39 is 0 Å². The third-order valence-corrected chi connectivity index (χ3v) is 3.57. The van der Waals surface area contributed by atoms with Crippen LogP contribution in [-0.4, -0.2) is 14.8 Å². The molecule has 1 atom stereocenters. The van der Waals surface area contributed by atoms with Gasteiger partial charge in [-0.15, -0.1) is 10.2 Å². The molecule has 2 aromatic rings. The van der Waals surface area contributed by atoms with Crippen LogP contribution in [0.1, 0.15) is 48.9 Å². The van der Waals surface area contributed by atoms with Crippen LogP contribution in [0.15, 0.2) is 30.3 Å². The molecule has 2 N–H and O–H groups in total. The summed E-state index contributed by atoms with van der Waals surface area (Å²) in [5, 5.41) is 8.59. The summed E-state index contributed by atoms with van der Waals surface area (Å²) < 4.78 is 2.25. The Balaban J connectivity index is 1.99. The minimum absolute atomic E-state index is 0.264. The van der Waals surface area contributed by atoms with Crippen LogP contribution in [0.3, 0.4) is 0 Å². The van der Waals surface area contributed by atoms with E-state index in [0.717, 1.165) is 11.6 Å². The van der Waals surface area contributed by atoms with Gasteiger partial charge in [0.25, 0.3) is 0 Å². The van der Waals surface area contributed by atoms with Crippen molar-refractivity contribution in [3.05, 3.63) is 47.5 Å². The molecule has 1 aromatic carbocycles. The average molecular weight is 242 g/mol. The third kappa shape index (κ3) is 1.93. The minimum atomic E-state index is 0.264. The largest absolute Gasteiger partial charge is 0.324 e. The van der Waals surface area contributed by atoms with Crippen molar-refractivity contribution in [3.8, 4) is 0 Å². The lowest BCUT2D eigenvalue weighted by Crippen LogP contribution is -2.12. The Morgan fingerprint density at radius 2 is 2.00 bits per heavy atom. The third-order valence-electron chi connectivity index (χ3n) is 3.57. The lowest BCUT2D eigenvalue weighted by Gasteiger charge is -2.14. The molecule has 1 heterocycles. The lowest BCUT2D eigenvalue weighted by atomic mass is 10.0. The van der Waals surface area contributed by atoms with Crippen molar-refractivity contribution in [1.29, 1.82) is 0 Å². The van der Waals surface area contributed by atoms with Crippen LogP contribution < -0.4 is 5.73 Å². The monoisotopic (exact) mass is 242 g/mol. The number of hydrogen-bond acceptors (Lipinski definition) is 3. The fraction of sp³-hybridized carbons (Fsp3) is 0.429. The molecule has 18 heavy (non-hydrogen) atoms. The molecule has 0 spiro atoms. The second-order valence-corrected chi connectivity index (χ2v) is 4.91. The van der Waals surface area contributed by atoms with Gasteiger partial charge in [0.15, 0.2) is 0 Å². The first kappa shape index (κ1) is 11.4. The molecule has 1 aliphatic rings. The molecule has 0 bridgehead atoms. The predicted molar refractivity (Wildman–Crippen MR) is 70.1 cm³/mol. The minimum Gasteiger partial charge on any atom is -0.324 e. The van der Waals surface area contributed by atoms with Crippen LogP contribution in [0.4, 0.5) is 0 Å². The lowest BCUT2D eigenvalue weighted by molar-refractivity contribution is 0.625. The Bertz CT molecular complexity index is 528. The molecule has 1 aliphatic carbocycles. The molecule has 0 radical (unpaired) electrons. The zero-order valence-electron chi connectivity index (χ0n) is 10.6. The van der Waals surface area contributed by atoms with E-state index in [4.69, 9.17) is 5.73 Å². The van der Waals surface area contributed by atoms with Gasteiger partial charge in [-0.2, -0.15) is 0 Å². The summed E-state index contributed by atoms with van der Waals surface area (Å²) >= 11 is 0. The second kappa shape index (κ2) is 4.53. The fourth-order valence-electron chi connectivity index (χ4n) is 2.39. The molecule has 0 amide bonds. The average Bonchev–Trinajstić information content (AvgIpc) is 3.18. The zero-order chi connectivity index (χ0) is 12.5. The maximum atomic E-state index is 5.75. The Morgan fingerprint density at radius 3 is 2.61 bits per heavy atom. The summed E-state index contributed by atoms with van der Waals surface area (Å²) in [6.45, 7) is 2.64. The Morgan fingerprint density at radius 1 is 1.28 bits per heavy atom. The van der Waals surface area contributed by atoms with Gasteiger partial charge in [0.05, 0.1) is 6.54 Å². The predicted octanol–water partition coefficient (Wildman–Crippen LogP) is 2.22. The maximum absolute atomic E-state index is 5.75. The summed E-state index contributed by atoms with van der Waals surface area (Å²) in [5.41, 5.74) is 7.02. The molecule has 1 aromatic heterocycles. The van der Waals surface area contributed by atoms with Crippen LogP contribution in [0.2, 0.25) is 0 Å². The first-order valence-electron chi connectivity index (χ1n) is 6.50. The first-order chi connectivity index (χ1) is 8.81. The fourth-order valence-corrected chi connectivity index (χ4v) is 2.39.